The first-order valence-electron chi connectivity index (χ1n) is 9.99. The Morgan fingerprint density at radius 3 is 2.37 bits per heavy atom. The lowest BCUT2D eigenvalue weighted by atomic mass is 10.1. The normalized spacial score (nSPS) is 14.7. The third-order valence-electron chi connectivity index (χ3n) is 4.92. The summed E-state index contributed by atoms with van der Waals surface area (Å²) in [6.07, 6.45) is 0. The van der Waals surface area contributed by atoms with Gasteiger partial charge < -0.3 is 25.6 Å². The van der Waals surface area contributed by atoms with Crippen LogP contribution in [0.1, 0.15) is 24.1 Å². The molecule has 0 radical (unpaired) electrons. The number of nitrogens with one attached hydrogen (secondary N) is 3. The Labute approximate surface area is 175 Å². The molecule has 0 bridgehead atoms. The van der Waals surface area contributed by atoms with Crippen LogP contribution in [0.25, 0.3) is 0 Å². The smallest absolute Gasteiger partial charge is 0.315 e. The van der Waals surface area contributed by atoms with Gasteiger partial charge in [0.05, 0.1) is 25.8 Å². The Balaban J connectivity index is 1.39. The molecule has 1 atom stereocenters. The van der Waals surface area contributed by atoms with Crippen molar-refractivity contribution in [1.29, 1.82) is 0 Å². The van der Waals surface area contributed by atoms with E-state index in [2.05, 4.69) is 20.9 Å². The summed E-state index contributed by atoms with van der Waals surface area (Å²) in [5.41, 5.74) is 2.89. The van der Waals surface area contributed by atoms with Crippen molar-refractivity contribution < 1.29 is 18.7 Å². The van der Waals surface area contributed by atoms with Crippen LogP contribution in [-0.2, 0) is 16.1 Å². The molecule has 3 amide bonds. The van der Waals surface area contributed by atoms with Crippen LogP contribution < -0.4 is 20.9 Å². The predicted molar refractivity (Wildman–Crippen MR) is 113 cm³/mol. The summed E-state index contributed by atoms with van der Waals surface area (Å²) in [6, 6.07) is 13.3. The molecule has 0 aromatic heterocycles. The standard InChI is InChI=1S/C22H27FN4O3/c1-16(18-4-8-20(9-5-18)27-10-12-30-13-11-27)26-21(28)15-25-22(29)24-14-17-2-6-19(23)7-3-17/h2-9,16H,10-15H2,1H3,(H,26,28)(H2,24,25,29). The zero-order valence-corrected chi connectivity index (χ0v) is 17.0. The zero-order valence-electron chi connectivity index (χ0n) is 17.0. The maximum Gasteiger partial charge on any atom is 0.315 e. The Bertz CT molecular complexity index is 836. The first-order valence-corrected chi connectivity index (χ1v) is 9.99. The average Bonchev–Trinajstić information content (AvgIpc) is 2.78. The molecule has 0 spiro atoms. The van der Waals surface area contributed by atoms with E-state index in [1.807, 2.05) is 31.2 Å². The van der Waals surface area contributed by atoms with Crippen LogP contribution >= 0.6 is 0 Å². The second-order valence-electron chi connectivity index (χ2n) is 7.14. The summed E-state index contributed by atoms with van der Waals surface area (Å²) in [7, 11) is 0. The fourth-order valence-electron chi connectivity index (χ4n) is 3.18. The van der Waals surface area contributed by atoms with E-state index in [0.717, 1.165) is 43.1 Å². The summed E-state index contributed by atoms with van der Waals surface area (Å²) in [5.74, 6) is -0.610. The topological polar surface area (TPSA) is 82.7 Å². The minimum Gasteiger partial charge on any atom is -0.378 e. The number of anilines is 1. The number of carbonyl (C=O) groups is 2. The number of carbonyl (C=O) groups excluding carboxylic acids is 2. The number of halogens is 1. The molecule has 3 N–H and O–H groups in total. The summed E-state index contributed by atoms with van der Waals surface area (Å²) in [4.78, 5) is 26.3. The molecule has 30 heavy (non-hydrogen) atoms. The van der Waals surface area contributed by atoms with Gasteiger partial charge in [-0.3, -0.25) is 4.79 Å². The van der Waals surface area contributed by atoms with E-state index < -0.39 is 6.03 Å². The van der Waals surface area contributed by atoms with Gasteiger partial charge in [0, 0.05) is 25.3 Å². The van der Waals surface area contributed by atoms with Crippen LogP contribution in [-0.4, -0.2) is 44.8 Å². The highest BCUT2D eigenvalue weighted by atomic mass is 19.1. The van der Waals surface area contributed by atoms with Crippen LogP contribution in [0.5, 0.6) is 0 Å². The second-order valence-corrected chi connectivity index (χ2v) is 7.14. The van der Waals surface area contributed by atoms with E-state index in [-0.39, 0.29) is 30.9 Å². The molecule has 0 aliphatic carbocycles. The van der Waals surface area contributed by atoms with Crippen molar-refractivity contribution in [1.82, 2.24) is 16.0 Å². The first kappa shape index (κ1) is 21.6. The number of hydrogen-bond donors (Lipinski definition) is 3. The van der Waals surface area contributed by atoms with Crippen LogP contribution in [0.4, 0.5) is 14.9 Å². The molecule has 8 heteroatoms. The largest absolute Gasteiger partial charge is 0.378 e. The van der Waals surface area contributed by atoms with E-state index in [4.69, 9.17) is 4.74 Å². The minimum absolute atomic E-state index is 0.133. The van der Waals surface area contributed by atoms with Gasteiger partial charge in [0.25, 0.3) is 0 Å². The molecule has 7 nitrogen and oxygen atoms in total. The van der Waals surface area contributed by atoms with E-state index >= 15 is 0 Å². The number of benzene rings is 2. The number of amides is 3. The van der Waals surface area contributed by atoms with Crippen molar-refractivity contribution in [2.75, 3.05) is 37.7 Å². The van der Waals surface area contributed by atoms with Crippen molar-refractivity contribution in [3.8, 4) is 0 Å². The fourth-order valence-corrected chi connectivity index (χ4v) is 3.18. The third-order valence-corrected chi connectivity index (χ3v) is 4.92. The summed E-state index contributed by atoms with van der Waals surface area (Å²) >= 11 is 0. The minimum atomic E-state index is -0.461. The lowest BCUT2D eigenvalue weighted by Gasteiger charge is -2.29. The Kier molecular flexibility index (Phi) is 7.62. The van der Waals surface area contributed by atoms with Gasteiger partial charge in [0.1, 0.15) is 5.82 Å². The Morgan fingerprint density at radius 1 is 1.03 bits per heavy atom. The van der Waals surface area contributed by atoms with Crippen molar-refractivity contribution in [2.45, 2.75) is 19.5 Å². The summed E-state index contributed by atoms with van der Waals surface area (Å²) in [5, 5.41) is 8.02. The lowest BCUT2D eigenvalue weighted by molar-refractivity contribution is -0.120. The number of rotatable bonds is 7. The van der Waals surface area contributed by atoms with E-state index in [9.17, 15) is 14.0 Å². The molecule has 1 aliphatic rings. The van der Waals surface area contributed by atoms with Crippen LogP contribution in [0, 0.1) is 5.82 Å². The van der Waals surface area contributed by atoms with Crippen molar-refractivity contribution in [2.24, 2.45) is 0 Å². The van der Waals surface area contributed by atoms with Gasteiger partial charge in [-0.25, -0.2) is 9.18 Å². The zero-order chi connectivity index (χ0) is 21.3. The second kappa shape index (κ2) is 10.6. The molecule has 160 valence electrons. The molecule has 2 aromatic carbocycles. The van der Waals surface area contributed by atoms with Crippen molar-refractivity contribution in [3.05, 3.63) is 65.5 Å². The number of urea groups is 1. The Morgan fingerprint density at radius 2 is 1.70 bits per heavy atom. The third kappa shape index (κ3) is 6.45. The maximum atomic E-state index is 12.9. The first-order chi connectivity index (χ1) is 14.5. The Hall–Kier alpha value is -3.13. The molecule has 3 rings (SSSR count). The summed E-state index contributed by atoms with van der Waals surface area (Å²) in [6.45, 7) is 5.24. The van der Waals surface area contributed by atoms with Crippen molar-refractivity contribution in [3.63, 3.8) is 0 Å². The lowest BCUT2D eigenvalue weighted by Crippen LogP contribution is -2.42. The van der Waals surface area contributed by atoms with Gasteiger partial charge in [-0.15, -0.1) is 0 Å². The molecule has 1 saturated heterocycles. The number of nitrogens with zero attached hydrogens (tertiary/aromatic N) is 1. The van der Waals surface area contributed by atoms with E-state index in [1.54, 1.807) is 12.1 Å². The van der Waals surface area contributed by atoms with Crippen LogP contribution in [0.3, 0.4) is 0 Å². The van der Waals surface area contributed by atoms with Crippen molar-refractivity contribution >= 4 is 17.6 Å². The van der Waals surface area contributed by atoms with E-state index in [0.29, 0.717) is 0 Å². The highest BCUT2D eigenvalue weighted by Crippen LogP contribution is 2.20. The molecule has 1 aliphatic heterocycles. The maximum absolute atomic E-state index is 12.9. The quantitative estimate of drug-likeness (QED) is 0.650. The van der Waals surface area contributed by atoms with Gasteiger partial charge >= 0.3 is 6.03 Å². The number of hydrogen-bond acceptors (Lipinski definition) is 4. The fraction of sp³-hybridized carbons (Fsp3) is 0.364. The SMILES string of the molecule is CC(NC(=O)CNC(=O)NCc1ccc(F)cc1)c1ccc(N2CCOCC2)cc1. The highest BCUT2D eigenvalue weighted by molar-refractivity contribution is 5.84. The van der Waals surface area contributed by atoms with Gasteiger partial charge in [0.2, 0.25) is 5.91 Å². The van der Waals surface area contributed by atoms with E-state index in [1.165, 1.54) is 12.1 Å². The average molecular weight is 414 g/mol. The molecule has 1 fully saturated rings. The predicted octanol–water partition coefficient (Wildman–Crippen LogP) is 2.34. The molecular weight excluding hydrogens is 387 g/mol. The number of ether oxygens (including phenoxy) is 1. The molecule has 1 heterocycles. The van der Waals surface area contributed by atoms with Gasteiger partial charge in [-0.1, -0.05) is 24.3 Å². The molecule has 2 aromatic rings. The molecule has 1 unspecified atom stereocenters. The van der Waals surface area contributed by atoms with Crippen LogP contribution in [0.15, 0.2) is 48.5 Å². The van der Waals surface area contributed by atoms with Gasteiger partial charge in [0.15, 0.2) is 0 Å². The monoisotopic (exact) mass is 414 g/mol. The van der Waals surface area contributed by atoms with Gasteiger partial charge in [-0.2, -0.15) is 0 Å². The van der Waals surface area contributed by atoms with Crippen LogP contribution in [0.2, 0.25) is 0 Å². The molecule has 0 saturated carbocycles. The molecular formula is C22H27FN4O3. The highest BCUT2D eigenvalue weighted by Gasteiger charge is 2.13. The van der Waals surface area contributed by atoms with Gasteiger partial charge in [-0.05, 0) is 42.3 Å². The number of morpholine rings is 1. The summed E-state index contributed by atoms with van der Waals surface area (Å²) < 4.78 is 18.2.